The summed E-state index contributed by atoms with van der Waals surface area (Å²) < 4.78 is 13.5. The Morgan fingerprint density at radius 2 is 1.45 bits per heavy atom. The molecule has 0 fully saturated rings. The number of benzene rings is 2. The highest BCUT2D eigenvalue weighted by Crippen LogP contribution is 2.43. The van der Waals surface area contributed by atoms with E-state index >= 15 is 0 Å². The molecule has 0 heterocycles. The molecule has 0 spiro atoms. The van der Waals surface area contributed by atoms with Crippen molar-refractivity contribution < 1.29 is 9.67 Å². The van der Waals surface area contributed by atoms with Gasteiger partial charge in [0.05, 0.1) is 6.10 Å². The zero-order valence-electron chi connectivity index (χ0n) is 11.5. The van der Waals surface area contributed by atoms with Gasteiger partial charge in [0.25, 0.3) is 0 Å². The number of aliphatic hydroxyl groups excluding tert-OH is 1. The van der Waals surface area contributed by atoms with Gasteiger partial charge >= 0.3 is 0 Å². The smallest absolute Gasteiger partial charge is 0.146 e. The summed E-state index contributed by atoms with van der Waals surface area (Å²) in [4.78, 5) is 0. The highest BCUT2D eigenvalue weighted by Gasteiger charge is 2.25. The number of hydrogen-bond donors (Lipinski definition) is 1. The fraction of sp³-hybridized carbons (Fsp3) is 0.176. The van der Waals surface area contributed by atoms with Crippen molar-refractivity contribution in [2.75, 3.05) is 6.16 Å². The van der Waals surface area contributed by atoms with Crippen LogP contribution in [-0.2, 0) is 4.57 Å². The summed E-state index contributed by atoms with van der Waals surface area (Å²) >= 11 is 0. The van der Waals surface area contributed by atoms with Crippen molar-refractivity contribution in [3.63, 3.8) is 0 Å². The lowest BCUT2D eigenvalue weighted by atomic mass is 10.4. The van der Waals surface area contributed by atoms with Crippen LogP contribution in [0.25, 0.3) is 0 Å². The average Bonchev–Trinajstić information content (AvgIpc) is 2.48. The Hall–Kier alpha value is -1.63. The maximum Gasteiger partial charge on any atom is 0.146 e. The van der Waals surface area contributed by atoms with Crippen LogP contribution in [0.15, 0.2) is 72.8 Å². The van der Waals surface area contributed by atoms with Crippen LogP contribution in [0.5, 0.6) is 0 Å². The quantitative estimate of drug-likeness (QED) is 0.678. The first-order valence-electron chi connectivity index (χ1n) is 6.68. The molecular weight excluding hydrogens is 267 g/mol. The second-order valence-corrected chi connectivity index (χ2v) is 7.64. The Labute approximate surface area is 120 Å². The van der Waals surface area contributed by atoms with Gasteiger partial charge in [0.15, 0.2) is 0 Å². The minimum atomic E-state index is -2.68. The van der Waals surface area contributed by atoms with E-state index < -0.39 is 13.2 Å². The van der Waals surface area contributed by atoms with Gasteiger partial charge in [-0.25, -0.2) is 0 Å². The standard InChI is InChI=1S/C17H19O2P/c1-15(18)9-8-14-20(19,16-10-4-2-5-11-16)17-12-6-3-7-13-17/h2-13,15,18H,14H2,1H3. The zero-order chi connectivity index (χ0) is 14.4. The summed E-state index contributed by atoms with van der Waals surface area (Å²) in [5.41, 5.74) is 0. The molecule has 1 atom stereocenters. The van der Waals surface area contributed by atoms with Gasteiger partial charge < -0.3 is 9.67 Å². The Morgan fingerprint density at radius 1 is 1.00 bits per heavy atom. The monoisotopic (exact) mass is 286 g/mol. The first-order chi connectivity index (χ1) is 9.63. The molecule has 0 aromatic heterocycles. The minimum absolute atomic E-state index is 0.423. The largest absolute Gasteiger partial charge is 0.389 e. The predicted octanol–water partition coefficient (Wildman–Crippen LogP) is 2.94. The predicted molar refractivity (Wildman–Crippen MR) is 85.4 cm³/mol. The van der Waals surface area contributed by atoms with E-state index in [9.17, 15) is 9.67 Å². The van der Waals surface area contributed by atoms with Crippen molar-refractivity contribution in [3.05, 3.63) is 72.8 Å². The molecule has 0 aliphatic heterocycles. The Bertz CT molecular complexity index is 560. The Balaban J connectivity index is 2.42. The van der Waals surface area contributed by atoms with Gasteiger partial charge in [-0.15, -0.1) is 0 Å². The molecule has 2 aromatic carbocycles. The van der Waals surface area contributed by atoms with Gasteiger partial charge in [-0.05, 0) is 6.92 Å². The van der Waals surface area contributed by atoms with E-state index in [-0.39, 0.29) is 0 Å². The second kappa shape index (κ2) is 6.69. The molecule has 20 heavy (non-hydrogen) atoms. The third-order valence-electron chi connectivity index (χ3n) is 3.12. The molecule has 1 N–H and O–H groups in total. The van der Waals surface area contributed by atoms with Gasteiger partial charge in [-0.2, -0.15) is 0 Å². The van der Waals surface area contributed by atoms with Crippen LogP contribution in [0.2, 0.25) is 0 Å². The van der Waals surface area contributed by atoms with Crippen LogP contribution in [0, 0.1) is 0 Å². The van der Waals surface area contributed by atoms with Gasteiger partial charge in [-0.1, -0.05) is 72.8 Å². The third kappa shape index (κ3) is 3.47. The van der Waals surface area contributed by atoms with Crippen molar-refractivity contribution in [3.8, 4) is 0 Å². The summed E-state index contributed by atoms with van der Waals surface area (Å²) in [5, 5.41) is 11.0. The second-order valence-electron chi connectivity index (χ2n) is 4.76. The van der Waals surface area contributed by atoms with Gasteiger partial charge in [-0.3, -0.25) is 0 Å². The molecule has 0 saturated carbocycles. The molecule has 0 bridgehead atoms. The van der Waals surface area contributed by atoms with E-state index in [0.29, 0.717) is 6.16 Å². The number of hydrogen-bond acceptors (Lipinski definition) is 2. The van der Waals surface area contributed by atoms with Crippen LogP contribution in [-0.4, -0.2) is 17.4 Å². The number of rotatable bonds is 5. The maximum absolute atomic E-state index is 13.5. The van der Waals surface area contributed by atoms with Gasteiger partial charge in [0, 0.05) is 16.8 Å². The molecule has 2 aromatic rings. The first-order valence-corrected chi connectivity index (χ1v) is 8.57. The summed E-state index contributed by atoms with van der Waals surface area (Å²) in [6.45, 7) is 1.69. The molecule has 0 radical (unpaired) electrons. The molecule has 0 amide bonds. The summed E-state index contributed by atoms with van der Waals surface area (Å²) in [5.74, 6) is 0. The summed E-state index contributed by atoms with van der Waals surface area (Å²) in [7, 11) is -2.68. The molecule has 104 valence electrons. The van der Waals surface area contributed by atoms with E-state index in [1.807, 2.05) is 66.7 Å². The number of aliphatic hydroxyl groups is 1. The van der Waals surface area contributed by atoms with Crippen molar-refractivity contribution in [1.82, 2.24) is 0 Å². The summed E-state index contributed by atoms with van der Waals surface area (Å²) in [6.07, 6.45) is 3.39. The number of allylic oxidation sites excluding steroid dienone is 1. The topological polar surface area (TPSA) is 37.3 Å². The average molecular weight is 286 g/mol. The van der Waals surface area contributed by atoms with E-state index in [2.05, 4.69) is 0 Å². The Kier molecular flexibility index (Phi) is 4.94. The molecule has 0 saturated heterocycles. The maximum atomic E-state index is 13.5. The lowest BCUT2D eigenvalue weighted by Crippen LogP contribution is -2.17. The van der Waals surface area contributed by atoms with Crippen LogP contribution in [0.3, 0.4) is 0 Å². The highest BCUT2D eigenvalue weighted by atomic mass is 31.2. The fourth-order valence-corrected chi connectivity index (χ4v) is 4.55. The van der Waals surface area contributed by atoms with Crippen molar-refractivity contribution in [2.45, 2.75) is 13.0 Å². The van der Waals surface area contributed by atoms with Crippen molar-refractivity contribution >= 4 is 17.8 Å². The molecule has 0 aliphatic rings. The van der Waals surface area contributed by atoms with Crippen molar-refractivity contribution in [2.24, 2.45) is 0 Å². The SMILES string of the molecule is CC(O)C=CCP(=O)(c1ccccc1)c1ccccc1. The van der Waals surface area contributed by atoms with Gasteiger partial charge in [0.2, 0.25) is 0 Å². The van der Waals surface area contributed by atoms with Crippen LogP contribution < -0.4 is 10.6 Å². The molecule has 2 rings (SSSR count). The highest BCUT2D eigenvalue weighted by molar-refractivity contribution is 7.78. The van der Waals surface area contributed by atoms with E-state index in [1.165, 1.54) is 0 Å². The van der Waals surface area contributed by atoms with Crippen LogP contribution >= 0.6 is 7.14 Å². The minimum Gasteiger partial charge on any atom is -0.389 e. The summed E-state index contributed by atoms with van der Waals surface area (Å²) in [6, 6.07) is 19.1. The molecule has 3 heteroatoms. The van der Waals surface area contributed by atoms with Crippen LogP contribution in [0.1, 0.15) is 6.92 Å². The molecule has 2 nitrogen and oxygen atoms in total. The molecule has 1 unspecified atom stereocenters. The van der Waals surface area contributed by atoms with Crippen molar-refractivity contribution in [1.29, 1.82) is 0 Å². The van der Waals surface area contributed by atoms with Crippen LogP contribution in [0.4, 0.5) is 0 Å². The lowest BCUT2D eigenvalue weighted by Gasteiger charge is -2.17. The van der Waals surface area contributed by atoms with E-state index in [0.717, 1.165) is 10.6 Å². The first kappa shape index (κ1) is 14.8. The Morgan fingerprint density at radius 3 is 1.85 bits per heavy atom. The van der Waals surface area contributed by atoms with E-state index in [1.54, 1.807) is 13.0 Å². The molecule has 0 aliphatic carbocycles. The third-order valence-corrected chi connectivity index (χ3v) is 6.11. The molecular formula is C17H19O2P. The normalized spacial score (nSPS) is 13.5. The van der Waals surface area contributed by atoms with Gasteiger partial charge in [0.1, 0.15) is 7.14 Å². The lowest BCUT2D eigenvalue weighted by molar-refractivity contribution is 0.244. The van der Waals surface area contributed by atoms with E-state index in [4.69, 9.17) is 0 Å². The zero-order valence-corrected chi connectivity index (χ0v) is 12.4. The fourth-order valence-electron chi connectivity index (χ4n) is 2.10.